The third-order valence-corrected chi connectivity index (χ3v) is 2.80. The molecule has 17 heavy (non-hydrogen) atoms. The minimum Gasteiger partial charge on any atom is -0.367 e. The molecule has 1 saturated heterocycles. The van der Waals surface area contributed by atoms with Crippen LogP contribution in [0, 0.1) is 0 Å². The molecular formula is C12H17N3O2. The molecule has 0 amide bonds. The molecule has 1 fully saturated rings. The Morgan fingerprint density at radius 1 is 1.59 bits per heavy atom. The summed E-state index contributed by atoms with van der Waals surface area (Å²) in [4.78, 5) is 22.3. The second-order valence-electron chi connectivity index (χ2n) is 4.11. The van der Waals surface area contributed by atoms with Crippen molar-refractivity contribution < 1.29 is 9.53 Å². The number of ketones is 1. The minimum atomic E-state index is -0.396. The average molecular weight is 235 g/mol. The predicted octanol–water partition coefficient (Wildman–Crippen LogP) is 0.770. The van der Waals surface area contributed by atoms with Crippen LogP contribution in [-0.4, -0.2) is 53.0 Å². The highest BCUT2D eigenvalue weighted by atomic mass is 16.5. The highest BCUT2D eigenvalue weighted by Gasteiger charge is 2.27. The standard InChI is InChI=1S/C12H17N3O2/c1-2-5-15-6-7-17-11(9-15)12(16)10-8-13-3-4-14-10/h3-4,8,11H,2,5-7,9H2,1H3. The van der Waals surface area contributed by atoms with Crippen molar-refractivity contribution in [3.63, 3.8) is 0 Å². The van der Waals surface area contributed by atoms with Gasteiger partial charge in [0.05, 0.1) is 12.8 Å². The van der Waals surface area contributed by atoms with Gasteiger partial charge in [0.2, 0.25) is 5.78 Å². The van der Waals surface area contributed by atoms with Crippen LogP contribution in [0.15, 0.2) is 18.6 Å². The molecule has 0 saturated carbocycles. The Bertz CT molecular complexity index is 367. The van der Waals surface area contributed by atoms with Gasteiger partial charge in [-0.2, -0.15) is 0 Å². The van der Waals surface area contributed by atoms with Gasteiger partial charge >= 0.3 is 0 Å². The first-order valence-electron chi connectivity index (χ1n) is 5.95. The van der Waals surface area contributed by atoms with E-state index in [0.717, 1.165) is 19.5 Å². The molecule has 2 heterocycles. The lowest BCUT2D eigenvalue weighted by Crippen LogP contribution is -2.46. The number of nitrogens with zero attached hydrogens (tertiary/aromatic N) is 3. The summed E-state index contributed by atoms with van der Waals surface area (Å²) in [5, 5.41) is 0. The van der Waals surface area contributed by atoms with Gasteiger partial charge in [0.15, 0.2) is 0 Å². The SMILES string of the molecule is CCCN1CCOC(C(=O)c2cnccn2)C1. The minimum absolute atomic E-state index is 0.0705. The Kier molecular flexibility index (Phi) is 4.17. The fourth-order valence-electron chi connectivity index (χ4n) is 1.97. The topological polar surface area (TPSA) is 55.3 Å². The molecule has 5 nitrogen and oxygen atoms in total. The number of Topliss-reactive ketones (excluding diaryl/α,β-unsaturated/α-hetero) is 1. The molecular weight excluding hydrogens is 218 g/mol. The maximum atomic E-state index is 12.1. The van der Waals surface area contributed by atoms with Gasteiger partial charge in [-0.05, 0) is 13.0 Å². The molecule has 92 valence electrons. The van der Waals surface area contributed by atoms with Gasteiger partial charge in [0.25, 0.3) is 0 Å². The number of hydrogen-bond donors (Lipinski definition) is 0. The van der Waals surface area contributed by atoms with Crippen LogP contribution in [0.1, 0.15) is 23.8 Å². The molecule has 1 aromatic rings. The van der Waals surface area contributed by atoms with Crippen molar-refractivity contribution >= 4 is 5.78 Å². The van der Waals surface area contributed by atoms with Gasteiger partial charge in [0.1, 0.15) is 11.8 Å². The number of rotatable bonds is 4. The molecule has 0 N–H and O–H groups in total. The Hall–Kier alpha value is -1.33. The molecule has 0 aromatic carbocycles. The molecule has 0 aliphatic carbocycles. The fourth-order valence-corrected chi connectivity index (χ4v) is 1.97. The third-order valence-electron chi connectivity index (χ3n) is 2.80. The summed E-state index contributed by atoms with van der Waals surface area (Å²) in [6.45, 7) is 5.31. The smallest absolute Gasteiger partial charge is 0.212 e. The number of carbonyl (C=O) groups is 1. The lowest BCUT2D eigenvalue weighted by molar-refractivity contribution is -0.0166. The van der Waals surface area contributed by atoms with E-state index >= 15 is 0 Å². The van der Waals surface area contributed by atoms with Gasteiger partial charge in [0, 0.05) is 25.5 Å². The number of hydrogen-bond acceptors (Lipinski definition) is 5. The second-order valence-corrected chi connectivity index (χ2v) is 4.11. The Balaban J connectivity index is 2.00. The Morgan fingerprint density at radius 2 is 2.47 bits per heavy atom. The average Bonchev–Trinajstić information content (AvgIpc) is 2.40. The monoisotopic (exact) mass is 235 g/mol. The molecule has 0 spiro atoms. The maximum Gasteiger partial charge on any atom is 0.212 e. The van der Waals surface area contributed by atoms with Crippen LogP contribution >= 0.6 is 0 Å². The summed E-state index contributed by atoms with van der Waals surface area (Å²) in [5.74, 6) is -0.0705. The second kappa shape index (κ2) is 5.84. The molecule has 1 aliphatic heterocycles. The van der Waals surface area contributed by atoms with Crippen molar-refractivity contribution in [1.82, 2.24) is 14.9 Å². The van der Waals surface area contributed by atoms with E-state index in [1.54, 1.807) is 6.20 Å². The van der Waals surface area contributed by atoms with Crippen LogP contribution in [0.4, 0.5) is 0 Å². The van der Waals surface area contributed by atoms with Crippen LogP contribution in [0.5, 0.6) is 0 Å². The molecule has 0 radical (unpaired) electrons. The molecule has 0 bridgehead atoms. The van der Waals surface area contributed by atoms with E-state index in [1.165, 1.54) is 12.4 Å². The van der Waals surface area contributed by atoms with E-state index in [0.29, 0.717) is 18.8 Å². The molecule has 1 unspecified atom stereocenters. The summed E-state index contributed by atoms with van der Waals surface area (Å²) in [5.41, 5.74) is 0.385. The van der Waals surface area contributed by atoms with Gasteiger partial charge in [-0.15, -0.1) is 0 Å². The normalized spacial score (nSPS) is 21.4. The summed E-state index contributed by atoms with van der Waals surface area (Å²) in [6.07, 6.45) is 5.27. The highest BCUT2D eigenvalue weighted by Crippen LogP contribution is 2.10. The van der Waals surface area contributed by atoms with Gasteiger partial charge in [-0.25, -0.2) is 4.98 Å². The van der Waals surface area contributed by atoms with E-state index in [1.807, 2.05) is 0 Å². The first kappa shape index (κ1) is 12.1. The zero-order valence-corrected chi connectivity index (χ0v) is 10.0. The van der Waals surface area contributed by atoms with E-state index in [2.05, 4.69) is 21.8 Å². The van der Waals surface area contributed by atoms with Crippen LogP contribution in [0.2, 0.25) is 0 Å². The first-order chi connectivity index (χ1) is 8.31. The van der Waals surface area contributed by atoms with Crippen molar-refractivity contribution in [1.29, 1.82) is 0 Å². The lowest BCUT2D eigenvalue weighted by atomic mass is 10.1. The van der Waals surface area contributed by atoms with Gasteiger partial charge in [-0.3, -0.25) is 14.7 Å². The Morgan fingerprint density at radius 3 is 3.18 bits per heavy atom. The summed E-state index contributed by atoms with van der Waals surface area (Å²) in [6, 6.07) is 0. The summed E-state index contributed by atoms with van der Waals surface area (Å²) < 4.78 is 5.51. The molecule has 5 heteroatoms. The van der Waals surface area contributed by atoms with Crippen molar-refractivity contribution in [3.8, 4) is 0 Å². The molecule has 2 rings (SSSR count). The largest absolute Gasteiger partial charge is 0.367 e. The van der Waals surface area contributed by atoms with E-state index in [-0.39, 0.29) is 5.78 Å². The van der Waals surface area contributed by atoms with E-state index in [9.17, 15) is 4.79 Å². The summed E-state index contributed by atoms with van der Waals surface area (Å²) in [7, 11) is 0. The fraction of sp³-hybridized carbons (Fsp3) is 0.583. The van der Waals surface area contributed by atoms with Crippen LogP contribution in [-0.2, 0) is 4.74 Å². The van der Waals surface area contributed by atoms with Crippen LogP contribution in [0.3, 0.4) is 0 Å². The number of morpholine rings is 1. The van der Waals surface area contributed by atoms with Crippen molar-refractivity contribution in [2.24, 2.45) is 0 Å². The number of carbonyl (C=O) groups excluding carboxylic acids is 1. The van der Waals surface area contributed by atoms with Crippen LogP contribution < -0.4 is 0 Å². The van der Waals surface area contributed by atoms with E-state index < -0.39 is 6.10 Å². The van der Waals surface area contributed by atoms with Gasteiger partial charge in [-0.1, -0.05) is 6.92 Å². The zero-order chi connectivity index (χ0) is 12.1. The molecule has 1 aliphatic rings. The zero-order valence-electron chi connectivity index (χ0n) is 10.0. The quantitative estimate of drug-likeness (QED) is 0.721. The number of ether oxygens (including phenoxy) is 1. The van der Waals surface area contributed by atoms with Crippen LogP contribution in [0.25, 0.3) is 0 Å². The maximum absolute atomic E-state index is 12.1. The highest BCUT2D eigenvalue weighted by molar-refractivity contribution is 5.97. The first-order valence-corrected chi connectivity index (χ1v) is 5.95. The third kappa shape index (κ3) is 3.08. The molecule has 1 atom stereocenters. The van der Waals surface area contributed by atoms with Crippen molar-refractivity contribution in [2.45, 2.75) is 19.4 Å². The summed E-state index contributed by atoms with van der Waals surface area (Å²) >= 11 is 0. The predicted molar refractivity (Wildman–Crippen MR) is 62.8 cm³/mol. The van der Waals surface area contributed by atoms with E-state index in [4.69, 9.17) is 4.74 Å². The van der Waals surface area contributed by atoms with Crippen molar-refractivity contribution in [3.05, 3.63) is 24.3 Å². The Labute approximate surface area is 101 Å². The van der Waals surface area contributed by atoms with Crippen molar-refractivity contribution in [2.75, 3.05) is 26.2 Å². The number of aromatic nitrogens is 2. The van der Waals surface area contributed by atoms with Gasteiger partial charge < -0.3 is 4.74 Å². The lowest BCUT2D eigenvalue weighted by Gasteiger charge is -2.31. The molecule has 1 aromatic heterocycles.